The first-order chi connectivity index (χ1) is 10.0. The van der Waals surface area contributed by atoms with Gasteiger partial charge in [0.2, 0.25) is 5.91 Å². The van der Waals surface area contributed by atoms with Gasteiger partial charge in [-0.3, -0.25) is 9.59 Å². The number of esters is 1. The topological polar surface area (TPSA) is 73.9 Å². The summed E-state index contributed by atoms with van der Waals surface area (Å²) in [4.78, 5) is 24.1. The molecule has 1 N–H and O–H groups in total. The quantitative estimate of drug-likeness (QED) is 0.763. The zero-order chi connectivity index (χ0) is 15.5. The summed E-state index contributed by atoms with van der Waals surface area (Å²) in [6.45, 7) is 0.712. The predicted molar refractivity (Wildman–Crippen MR) is 75.6 cm³/mol. The molecule has 1 saturated heterocycles. The second-order valence-electron chi connectivity index (χ2n) is 6.36. The SMILES string of the molecule is COCC1(COC)CC2(CCC(C(=O)OC)CC2)NC1=O. The van der Waals surface area contributed by atoms with Crippen molar-refractivity contribution in [2.75, 3.05) is 34.5 Å². The highest BCUT2D eigenvalue weighted by Gasteiger charge is 2.55. The van der Waals surface area contributed by atoms with E-state index in [1.807, 2.05) is 0 Å². The molecular formula is C15H25NO5. The lowest BCUT2D eigenvalue weighted by Crippen LogP contribution is -2.45. The molecule has 6 nitrogen and oxygen atoms in total. The van der Waals surface area contributed by atoms with Crippen molar-refractivity contribution in [2.24, 2.45) is 11.3 Å². The number of hydrogen-bond acceptors (Lipinski definition) is 5. The number of rotatable bonds is 5. The summed E-state index contributed by atoms with van der Waals surface area (Å²) in [6, 6.07) is 0. The Balaban J connectivity index is 2.06. The van der Waals surface area contributed by atoms with Crippen molar-refractivity contribution in [3.63, 3.8) is 0 Å². The predicted octanol–water partition coefficient (Wildman–Crippen LogP) is 0.887. The van der Waals surface area contributed by atoms with Crippen LogP contribution in [0.3, 0.4) is 0 Å². The molecule has 120 valence electrons. The molecule has 1 spiro atoms. The summed E-state index contributed by atoms with van der Waals surface area (Å²) < 4.78 is 15.3. The fourth-order valence-corrected chi connectivity index (χ4v) is 3.85. The van der Waals surface area contributed by atoms with Gasteiger partial charge in [0.15, 0.2) is 0 Å². The van der Waals surface area contributed by atoms with Gasteiger partial charge in [-0.05, 0) is 32.1 Å². The molecule has 0 bridgehead atoms. The molecule has 1 aliphatic heterocycles. The van der Waals surface area contributed by atoms with E-state index in [2.05, 4.69) is 5.32 Å². The van der Waals surface area contributed by atoms with Crippen molar-refractivity contribution in [1.29, 1.82) is 0 Å². The van der Waals surface area contributed by atoms with Crippen LogP contribution < -0.4 is 5.32 Å². The molecule has 2 fully saturated rings. The molecule has 0 aromatic carbocycles. The van der Waals surface area contributed by atoms with Crippen LogP contribution in [-0.2, 0) is 23.8 Å². The van der Waals surface area contributed by atoms with Gasteiger partial charge in [-0.2, -0.15) is 0 Å². The van der Waals surface area contributed by atoms with Gasteiger partial charge in [0.1, 0.15) is 0 Å². The van der Waals surface area contributed by atoms with Gasteiger partial charge in [-0.15, -0.1) is 0 Å². The number of carbonyl (C=O) groups excluding carboxylic acids is 2. The van der Waals surface area contributed by atoms with Crippen molar-refractivity contribution < 1.29 is 23.8 Å². The van der Waals surface area contributed by atoms with Gasteiger partial charge in [0, 0.05) is 19.8 Å². The van der Waals surface area contributed by atoms with Crippen molar-refractivity contribution in [3.8, 4) is 0 Å². The Hall–Kier alpha value is -1.14. The first-order valence-electron chi connectivity index (χ1n) is 7.39. The van der Waals surface area contributed by atoms with Crippen LogP contribution in [0.25, 0.3) is 0 Å². The maximum Gasteiger partial charge on any atom is 0.308 e. The largest absolute Gasteiger partial charge is 0.469 e. The molecular weight excluding hydrogens is 274 g/mol. The zero-order valence-corrected chi connectivity index (χ0v) is 13.1. The summed E-state index contributed by atoms with van der Waals surface area (Å²) in [5.41, 5.74) is -0.833. The standard InChI is InChI=1S/C15H25NO5/c1-19-9-14(10-20-2)8-15(16-13(14)18)6-4-11(5-7-15)12(17)21-3/h11H,4-10H2,1-3H3,(H,16,18). The molecule has 0 radical (unpaired) electrons. The van der Waals surface area contributed by atoms with Crippen LogP contribution in [0, 0.1) is 11.3 Å². The molecule has 0 aromatic heterocycles. The molecule has 6 heteroatoms. The number of hydrogen-bond donors (Lipinski definition) is 1. The van der Waals surface area contributed by atoms with Gasteiger partial charge < -0.3 is 19.5 Å². The lowest BCUT2D eigenvalue weighted by atomic mass is 9.71. The third-order valence-corrected chi connectivity index (χ3v) is 4.86. The maximum atomic E-state index is 12.5. The third-order valence-electron chi connectivity index (χ3n) is 4.86. The highest BCUT2D eigenvalue weighted by molar-refractivity contribution is 5.86. The normalized spacial score (nSPS) is 31.2. The van der Waals surface area contributed by atoms with E-state index in [1.165, 1.54) is 7.11 Å². The highest BCUT2D eigenvalue weighted by Crippen LogP contribution is 2.45. The fourth-order valence-electron chi connectivity index (χ4n) is 3.85. The van der Waals surface area contributed by atoms with Crippen LogP contribution in [0.1, 0.15) is 32.1 Å². The van der Waals surface area contributed by atoms with Crippen LogP contribution in [0.4, 0.5) is 0 Å². The van der Waals surface area contributed by atoms with Crippen LogP contribution in [0.15, 0.2) is 0 Å². The van der Waals surface area contributed by atoms with Crippen molar-refractivity contribution >= 4 is 11.9 Å². The Morgan fingerprint density at radius 1 is 1.19 bits per heavy atom. The van der Waals surface area contributed by atoms with Gasteiger partial charge in [-0.1, -0.05) is 0 Å². The molecule has 1 saturated carbocycles. The van der Waals surface area contributed by atoms with E-state index < -0.39 is 5.41 Å². The van der Waals surface area contributed by atoms with Gasteiger partial charge in [0.05, 0.1) is 31.7 Å². The average Bonchev–Trinajstić information content (AvgIpc) is 2.72. The minimum absolute atomic E-state index is 0.00252. The first-order valence-corrected chi connectivity index (χ1v) is 7.39. The van der Waals surface area contributed by atoms with Crippen LogP contribution >= 0.6 is 0 Å². The lowest BCUT2D eigenvalue weighted by Gasteiger charge is -2.37. The van der Waals surface area contributed by atoms with E-state index in [9.17, 15) is 9.59 Å². The Labute approximate surface area is 125 Å². The fraction of sp³-hybridized carbons (Fsp3) is 0.867. The Kier molecular flexibility index (Phi) is 4.88. The van der Waals surface area contributed by atoms with Crippen LogP contribution in [0.5, 0.6) is 0 Å². The molecule has 0 aromatic rings. The second kappa shape index (κ2) is 6.32. The number of carbonyl (C=O) groups is 2. The van der Waals surface area contributed by atoms with E-state index in [-0.39, 0.29) is 23.3 Å². The molecule has 2 rings (SSSR count). The number of nitrogens with one attached hydrogen (secondary N) is 1. The summed E-state index contributed by atoms with van der Waals surface area (Å²) in [5.74, 6) is -0.186. The highest BCUT2D eigenvalue weighted by atomic mass is 16.5. The second-order valence-corrected chi connectivity index (χ2v) is 6.36. The maximum absolute atomic E-state index is 12.5. The third kappa shape index (κ3) is 3.06. The molecule has 1 amide bonds. The zero-order valence-electron chi connectivity index (χ0n) is 13.1. The molecule has 0 atom stereocenters. The molecule has 0 unspecified atom stereocenters. The minimum Gasteiger partial charge on any atom is -0.469 e. The summed E-state index contributed by atoms with van der Waals surface area (Å²) in [6.07, 6.45) is 3.81. The minimum atomic E-state index is -0.610. The lowest BCUT2D eigenvalue weighted by molar-refractivity contribution is -0.147. The van der Waals surface area contributed by atoms with Crippen molar-refractivity contribution in [1.82, 2.24) is 5.32 Å². The molecule has 21 heavy (non-hydrogen) atoms. The molecule has 1 aliphatic carbocycles. The average molecular weight is 299 g/mol. The van der Waals surface area contributed by atoms with Crippen molar-refractivity contribution in [2.45, 2.75) is 37.6 Å². The summed E-state index contributed by atoms with van der Waals surface area (Å²) >= 11 is 0. The van der Waals surface area contributed by atoms with Gasteiger partial charge in [0.25, 0.3) is 0 Å². The van der Waals surface area contributed by atoms with E-state index >= 15 is 0 Å². The smallest absolute Gasteiger partial charge is 0.308 e. The van der Waals surface area contributed by atoms with Crippen LogP contribution in [0.2, 0.25) is 0 Å². The van der Waals surface area contributed by atoms with Gasteiger partial charge in [-0.25, -0.2) is 0 Å². The summed E-state index contributed by atoms with van der Waals surface area (Å²) in [7, 11) is 4.62. The Morgan fingerprint density at radius 3 is 2.24 bits per heavy atom. The van der Waals surface area contributed by atoms with E-state index in [1.54, 1.807) is 14.2 Å². The van der Waals surface area contributed by atoms with Gasteiger partial charge >= 0.3 is 5.97 Å². The van der Waals surface area contributed by atoms with Crippen molar-refractivity contribution in [3.05, 3.63) is 0 Å². The van der Waals surface area contributed by atoms with E-state index in [0.717, 1.165) is 25.7 Å². The Morgan fingerprint density at radius 2 is 1.76 bits per heavy atom. The Bertz CT molecular complexity index is 395. The molecule has 1 heterocycles. The number of ether oxygens (including phenoxy) is 3. The monoisotopic (exact) mass is 299 g/mol. The molecule has 2 aliphatic rings. The number of amides is 1. The van der Waals surface area contributed by atoms with E-state index in [4.69, 9.17) is 14.2 Å². The summed E-state index contributed by atoms with van der Waals surface area (Å²) in [5, 5.41) is 3.16. The first kappa shape index (κ1) is 16.2. The number of methoxy groups -OCH3 is 3. The van der Waals surface area contributed by atoms with Crippen LogP contribution in [-0.4, -0.2) is 52.0 Å². The van der Waals surface area contributed by atoms with E-state index in [0.29, 0.717) is 19.6 Å².